The molecule has 2 amide bonds. The quantitative estimate of drug-likeness (QED) is 0.277. The molecule has 0 bridgehead atoms. The summed E-state index contributed by atoms with van der Waals surface area (Å²) in [5, 5.41) is 15.8. The molecule has 0 aliphatic rings. The van der Waals surface area contributed by atoms with Gasteiger partial charge < -0.3 is 15.4 Å². The molecule has 0 aliphatic carbocycles. The number of carbonyl (C=O) groups is 2. The van der Waals surface area contributed by atoms with E-state index in [9.17, 15) is 14.9 Å². The number of carbonyl (C=O) groups excluding carboxylic acids is 2. The van der Waals surface area contributed by atoms with Gasteiger partial charge >= 0.3 is 0 Å². The average Bonchev–Trinajstić information content (AvgIpc) is 2.80. The van der Waals surface area contributed by atoms with Crippen LogP contribution in [0.5, 0.6) is 5.75 Å². The Kier molecular flexibility index (Phi) is 8.55. The van der Waals surface area contributed by atoms with Crippen molar-refractivity contribution in [3.63, 3.8) is 0 Å². The van der Waals surface area contributed by atoms with Crippen molar-refractivity contribution in [3.05, 3.63) is 92.4 Å². The first-order chi connectivity index (χ1) is 16.3. The molecule has 0 heterocycles. The summed E-state index contributed by atoms with van der Waals surface area (Å²) < 4.78 is 5.49. The maximum absolute atomic E-state index is 12.4. The smallest absolute Gasteiger partial charge is 0.266 e. The molecule has 9 heteroatoms. The Bertz CT molecular complexity index is 1320. The lowest BCUT2D eigenvalue weighted by molar-refractivity contribution is -0.118. The second-order valence-electron chi connectivity index (χ2n) is 7.09. The van der Waals surface area contributed by atoms with Crippen molar-refractivity contribution in [1.82, 2.24) is 0 Å². The summed E-state index contributed by atoms with van der Waals surface area (Å²) in [5.41, 5.74) is 2.21. The Balaban J connectivity index is 1.64. The molecule has 0 unspecified atom stereocenters. The Morgan fingerprint density at radius 1 is 0.971 bits per heavy atom. The Hall–Kier alpha value is -3.50. The van der Waals surface area contributed by atoms with Crippen molar-refractivity contribution in [2.45, 2.75) is 6.92 Å². The van der Waals surface area contributed by atoms with Gasteiger partial charge in [-0.3, -0.25) is 9.59 Å². The standard InChI is InChI=1S/C25H18Cl3N3O3/c1-15-6-8-18(12-20(15)27)30-24(32)14-34-23-9-7-16(11-21(23)28)10-17(13-29)25(33)31-22-5-3-2-4-19(22)26/h2-12H,14H2,1H3,(H,30,32)(H,31,33)/b17-10+. The number of para-hydroxylation sites is 1. The summed E-state index contributed by atoms with van der Waals surface area (Å²) >= 11 is 18.4. The zero-order valence-corrected chi connectivity index (χ0v) is 20.1. The molecule has 0 saturated heterocycles. The number of nitrogens with one attached hydrogen (secondary N) is 2. The lowest BCUT2D eigenvalue weighted by Gasteiger charge is -2.10. The van der Waals surface area contributed by atoms with E-state index < -0.39 is 5.91 Å². The Labute approximate surface area is 211 Å². The third-order valence-corrected chi connectivity index (χ3v) is 5.60. The minimum absolute atomic E-state index is 0.138. The van der Waals surface area contributed by atoms with Crippen LogP contribution in [0.1, 0.15) is 11.1 Å². The highest BCUT2D eigenvalue weighted by Crippen LogP contribution is 2.27. The van der Waals surface area contributed by atoms with Crippen molar-refractivity contribution in [2.75, 3.05) is 17.2 Å². The number of hydrogen-bond acceptors (Lipinski definition) is 4. The van der Waals surface area contributed by atoms with Crippen LogP contribution in [0, 0.1) is 18.3 Å². The lowest BCUT2D eigenvalue weighted by Crippen LogP contribution is -2.20. The molecule has 0 radical (unpaired) electrons. The van der Waals surface area contributed by atoms with Crippen LogP contribution < -0.4 is 15.4 Å². The third kappa shape index (κ3) is 6.75. The molecule has 0 fully saturated rings. The fraction of sp³-hybridized carbons (Fsp3) is 0.0800. The van der Waals surface area contributed by atoms with Crippen molar-refractivity contribution < 1.29 is 14.3 Å². The van der Waals surface area contributed by atoms with Gasteiger partial charge in [0.1, 0.15) is 17.4 Å². The topological polar surface area (TPSA) is 91.2 Å². The van der Waals surface area contributed by atoms with E-state index in [1.165, 1.54) is 12.1 Å². The Morgan fingerprint density at radius 3 is 2.41 bits per heavy atom. The van der Waals surface area contributed by atoms with Crippen molar-refractivity contribution in [2.24, 2.45) is 0 Å². The van der Waals surface area contributed by atoms with Crippen LogP contribution in [0.15, 0.2) is 66.2 Å². The third-order valence-electron chi connectivity index (χ3n) is 4.57. The zero-order valence-electron chi connectivity index (χ0n) is 17.9. The molecule has 172 valence electrons. The number of halogens is 3. The van der Waals surface area contributed by atoms with Gasteiger partial charge in [0.25, 0.3) is 11.8 Å². The van der Waals surface area contributed by atoms with E-state index >= 15 is 0 Å². The van der Waals surface area contributed by atoms with Gasteiger partial charge in [0.05, 0.1) is 15.7 Å². The van der Waals surface area contributed by atoms with Crippen molar-refractivity contribution in [1.29, 1.82) is 5.26 Å². The molecule has 3 aromatic rings. The SMILES string of the molecule is Cc1ccc(NC(=O)COc2ccc(/C=C(\C#N)C(=O)Nc3ccccc3Cl)cc2Cl)cc1Cl. The summed E-state index contributed by atoms with van der Waals surface area (Å²) in [6.07, 6.45) is 1.38. The van der Waals surface area contributed by atoms with Gasteiger partial charge in [-0.15, -0.1) is 0 Å². The number of nitriles is 1. The van der Waals surface area contributed by atoms with Gasteiger partial charge in [-0.2, -0.15) is 5.26 Å². The first kappa shape index (κ1) is 25.1. The van der Waals surface area contributed by atoms with Crippen molar-refractivity contribution in [3.8, 4) is 11.8 Å². The van der Waals surface area contributed by atoms with E-state index in [1.54, 1.807) is 54.6 Å². The van der Waals surface area contributed by atoms with Crippen LogP contribution in [0.3, 0.4) is 0 Å². The number of aryl methyl sites for hydroxylation is 1. The Morgan fingerprint density at radius 2 is 1.74 bits per heavy atom. The fourth-order valence-corrected chi connectivity index (χ4v) is 3.41. The highest BCUT2D eigenvalue weighted by atomic mass is 35.5. The maximum atomic E-state index is 12.4. The normalized spacial score (nSPS) is 10.9. The van der Waals surface area contributed by atoms with Crippen LogP contribution in [-0.4, -0.2) is 18.4 Å². The summed E-state index contributed by atoms with van der Waals surface area (Å²) in [5.74, 6) is -0.724. The van der Waals surface area contributed by atoms with Gasteiger partial charge in [0, 0.05) is 10.7 Å². The van der Waals surface area contributed by atoms with E-state index in [-0.39, 0.29) is 28.9 Å². The highest BCUT2D eigenvalue weighted by Gasteiger charge is 2.13. The van der Waals surface area contributed by atoms with E-state index in [0.717, 1.165) is 5.56 Å². The maximum Gasteiger partial charge on any atom is 0.266 e. The number of benzene rings is 3. The number of rotatable bonds is 7. The number of amides is 2. The fourth-order valence-electron chi connectivity index (χ4n) is 2.80. The summed E-state index contributed by atoms with van der Waals surface area (Å²) in [6, 6.07) is 18.4. The zero-order chi connectivity index (χ0) is 24.7. The largest absolute Gasteiger partial charge is 0.482 e. The summed E-state index contributed by atoms with van der Waals surface area (Å²) in [6.45, 7) is 1.59. The van der Waals surface area contributed by atoms with Crippen LogP contribution in [0.4, 0.5) is 11.4 Å². The monoisotopic (exact) mass is 513 g/mol. The van der Waals surface area contributed by atoms with Gasteiger partial charge in [0.15, 0.2) is 6.61 Å². The highest BCUT2D eigenvalue weighted by molar-refractivity contribution is 6.34. The second kappa shape index (κ2) is 11.6. The summed E-state index contributed by atoms with van der Waals surface area (Å²) in [7, 11) is 0. The molecule has 6 nitrogen and oxygen atoms in total. The molecule has 2 N–H and O–H groups in total. The van der Waals surface area contributed by atoms with Gasteiger partial charge in [-0.05, 0) is 60.5 Å². The predicted octanol–water partition coefficient (Wildman–Crippen LogP) is 6.52. The molecule has 0 saturated carbocycles. The molecular weight excluding hydrogens is 497 g/mol. The number of hydrogen-bond donors (Lipinski definition) is 2. The molecule has 34 heavy (non-hydrogen) atoms. The molecule has 3 rings (SSSR count). The lowest BCUT2D eigenvalue weighted by atomic mass is 10.1. The minimum atomic E-state index is -0.611. The van der Waals surface area contributed by atoms with E-state index in [4.69, 9.17) is 39.5 Å². The van der Waals surface area contributed by atoms with Gasteiger partial charge in [0.2, 0.25) is 0 Å². The molecule has 0 atom stereocenters. The van der Waals surface area contributed by atoms with E-state index in [1.807, 2.05) is 13.0 Å². The van der Waals surface area contributed by atoms with Crippen molar-refractivity contribution >= 4 is 64.1 Å². The van der Waals surface area contributed by atoms with Crippen LogP contribution >= 0.6 is 34.8 Å². The van der Waals surface area contributed by atoms with Crippen LogP contribution in [0.2, 0.25) is 15.1 Å². The van der Waals surface area contributed by atoms with Gasteiger partial charge in [-0.25, -0.2) is 0 Å². The average molecular weight is 515 g/mol. The molecule has 0 spiro atoms. The predicted molar refractivity (Wildman–Crippen MR) is 135 cm³/mol. The first-order valence-electron chi connectivity index (χ1n) is 9.93. The second-order valence-corrected chi connectivity index (χ2v) is 8.32. The van der Waals surface area contributed by atoms with E-state index in [2.05, 4.69) is 10.6 Å². The molecule has 3 aromatic carbocycles. The van der Waals surface area contributed by atoms with Crippen LogP contribution in [-0.2, 0) is 9.59 Å². The number of nitrogens with zero attached hydrogens (tertiary/aromatic N) is 1. The van der Waals surface area contributed by atoms with E-state index in [0.29, 0.717) is 27.0 Å². The molecule has 0 aromatic heterocycles. The number of anilines is 2. The summed E-state index contributed by atoms with van der Waals surface area (Å²) in [4.78, 5) is 24.6. The number of ether oxygens (including phenoxy) is 1. The molecule has 0 aliphatic heterocycles. The van der Waals surface area contributed by atoms with Crippen LogP contribution in [0.25, 0.3) is 6.08 Å². The molecular formula is C25H18Cl3N3O3. The minimum Gasteiger partial charge on any atom is -0.482 e. The van der Waals surface area contributed by atoms with Gasteiger partial charge in [-0.1, -0.05) is 59.1 Å². The first-order valence-corrected chi connectivity index (χ1v) is 11.1.